The zero-order chi connectivity index (χ0) is 13.7. The Morgan fingerprint density at radius 2 is 1.78 bits per heavy atom. The molecule has 0 saturated heterocycles. The SMILES string of the molecule is CCNC/C(=C/c1cc(F)c(F)cc1F)C(C)C. The molecule has 0 atom stereocenters. The van der Waals surface area contributed by atoms with Gasteiger partial charge in [0.2, 0.25) is 0 Å². The van der Waals surface area contributed by atoms with Crippen LogP contribution in [-0.2, 0) is 0 Å². The van der Waals surface area contributed by atoms with Crippen LogP contribution >= 0.6 is 0 Å². The fraction of sp³-hybridized carbons (Fsp3) is 0.429. The number of rotatable bonds is 5. The smallest absolute Gasteiger partial charge is 0.161 e. The maximum atomic E-state index is 13.5. The lowest BCUT2D eigenvalue weighted by atomic mass is 10.00. The average Bonchev–Trinajstić information content (AvgIpc) is 2.30. The minimum Gasteiger partial charge on any atom is -0.313 e. The minimum absolute atomic E-state index is 0.0792. The summed E-state index contributed by atoms with van der Waals surface area (Å²) in [5.41, 5.74) is 1.03. The van der Waals surface area contributed by atoms with Crippen LogP contribution in [0.2, 0.25) is 0 Å². The van der Waals surface area contributed by atoms with Crippen LogP contribution in [-0.4, -0.2) is 13.1 Å². The molecule has 0 aromatic heterocycles. The van der Waals surface area contributed by atoms with Crippen LogP contribution in [0.4, 0.5) is 13.2 Å². The van der Waals surface area contributed by atoms with Crippen molar-refractivity contribution < 1.29 is 13.2 Å². The van der Waals surface area contributed by atoms with Gasteiger partial charge in [-0.05, 0) is 18.5 Å². The lowest BCUT2D eigenvalue weighted by Gasteiger charge is -2.12. The molecule has 4 heteroatoms. The van der Waals surface area contributed by atoms with Gasteiger partial charge in [0, 0.05) is 18.2 Å². The third-order valence-electron chi connectivity index (χ3n) is 2.70. The van der Waals surface area contributed by atoms with Crippen molar-refractivity contribution in [3.63, 3.8) is 0 Å². The zero-order valence-electron chi connectivity index (χ0n) is 10.9. The normalized spacial score (nSPS) is 12.3. The van der Waals surface area contributed by atoms with Gasteiger partial charge < -0.3 is 5.32 Å². The fourth-order valence-corrected chi connectivity index (χ4v) is 1.54. The number of benzene rings is 1. The molecule has 18 heavy (non-hydrogen) atoms. The van der Waals surface area contributed by atoms with Crippen molar-refractivity contribution in [2.75, 3.05) is 13.1 Å². The summed E-state index contributed by atoms with van der Waals surface area (Å²) >= 11 is 0. The Hall–Kier alpha value is -1.29. The van der Waals surface area contributed by atoms with Crippen molar-refractivity contribution in [3.05, 3.63) is 40.7 Å². The molecule has 1 N–H and O–H groups in total. The second-order valence-corrected chi connectivity index (χ2v) is 4.44. The molecule has 0 radical (unpaired) electrons. The molecule has 0 heterocycles. The van der Waals surface area contributed by atoms with Gasteiger partial charge in [-0.1, -0.05) is 32.4 Å². The van der Waals surface area contributed by atoms with Crippen molar-refractivity contribution in [2.24, 2.45) is 5.92 Å². The van der Waals surface area contributed by atoms with E-state index in [9.17, 15) is 13.2 Å². The molecule has 0 aliphatic heterocycles. The largest absolute Gasteiger partial charge is 0.313 e. The molecular formula is C14H18F3N. The van der Waals surface area contributed by atoms with Crippen molar-refractivity contribution in [3.8, 4) is 0 Å². The number of hydrogen-bond acceptors (Lipinski definition) is 1. The Kier molecular flexibility index (Phi) is 5.41. The zero-order valence-corrected chi connectivity index (χ0v) is 10.9. The van der Waals surface area contributed by atoms with Gasteiger partial charge >= 0.3 is 0 Å². The Morgan fingerprint density at radius 1 is 1.17 bits per heavy atom. The first kappa shape index (κ1) is 14.8. The summed E-state index contributed by atoms with van der Waals surface area (Å²) in [4.78, 5) is 0. The van der Waals surface area contributed by atoms with Crippen LogP contribution in [0.5, 0.6) is 0 Å². The lowest BCUT2D eigenvalue weighted by molar-refractivity contribution is 0.494. The van der Waals surface area contributed by atoms with E-state index in [2.05, 4.69) is 5.32 Å². The highest BCUT2D eigenvalue weighted by Crippen LogP contribution is 2.19. The van der Waals surface area contributed by atoms with Crippen molar-refractivity contribution in [2.45, 2.75) is 20.8 Å². The van der Waals surface area contributed by atoms with E-state index < -0.39 is 17.5 Å². The summed E-state index contributed by atoms with van der Waals surface area (Å²) in [5.74, 6) is -2.74. The third kappa shape index (κ3) is 3.88. The Bertz CT molecular complexity index is 439. The van der Waals surface area contributed by atoms with E-state index in [4.69, 9.17) is 0 Å². The van der Waals surface area contributed by atoms with Gasteiger partial charge in [0.15, 0.2) is 11.6 Å². The highest BCUT2D eigenvalue weighted by Gasteiger charge is 2.10. The summed E-state index contributed by atoms with van der Waals surface area (Å²) in [6.07, 6.45) is 1.57. The predicted octanol–water partition coefficient (Wildman–Crippen LogP) is 3.75. The van der Waals surface area contributed by atoms with Gasteiger partial charge in [-0.2, -0.15) is 0 Å². The first-order valence-electron chi connectivity index (χ1n) is 6.01. The first-order chi connectivity index (χ1) is 8.45. The van der Waals surface area contributed by atoms with Crippen molar-refractivity contribution >= 4 is 6.08 Å². The van der Waals surface area contributed by atoms with E-state index >= 15 is 0 Å². The molecule has 0 amide bonds. The van der Waals surface area contributed by atoms with Gasteiger partial charge in [0.25, 0.3) is 0 Å². The molecule has 0 unspecified atom stereocenters. The van der Waals surface area contributed by atoms with Gasteiger partial charge in [0.05, 0.1) is 0 Å². The summed E-state index contributed by atoms with van der Waals surface area (Å²) in [6, 6.07) is 1.46. The molecule has 100 valence electrons. The molecule has 0 bridgehead atoms. The van der Waals surface area contributed by atoms with Crippen LogP contribution in [0.25, 0.3) is 6.08 Å². The summed E-state index contributed by atoms with van der Waals surface area (Å²) in [6.45, 7) is 7.31. The lowest BCUT2D eigenvalue weighted by Crippen LogP contribution is -2.18. The predicted molar refractivity (Wildman–Crippen MR) is 67.7 cm³/mol. The van der Waals surface area contributed by atoms with Gasteiger partial charge in [0.1, 0.15) is 5.82 Å². The van der Waals surface area contributed by atoms with E-state index in [0.29, 0.717) is 12.6 Å². The monoisotopic (exact) mass is 257 g/mol. The number of halogens is 3. The molecule has 0 fully saturated rings. The molecule has 0 saturated carbocycles. The van der Waals surface area contributed by atoms with Crippen LogP contribution in [0, 0.1) is 23.4 Å². The highest BCUT2D eigenvalue weighted by atomic mass is 19.2. The standard InChI is InChI=1S/C14H18F3N/c1-4-18-8-11(9(2)3)5-10-6-13(16)14(17)7-12(10)15/h5-7,9,18H,4,8H2,1-3H3/b11-5-. The molecule has 1 nitrogen and oxygen atoms in total. The van der Waals surface area contributed by atoms with Crippen molar-refractivity contribution in [1.82, 2.24) is 5.32 Å². The summed E-state index contributed by atoms with van der Waals surface area (Å²) in [7, 11) is 0. The van der Waals surface area contributed by atoms with Crippen molar-refractivity contribution in [1.29, 1.82) is 0 Å². The molecule has 1 aromatic rings. The van der Waals surface area contributed by atoms with Crippen LogP contribution in [0.15, 0.2) is 17.7 Å². The molecule has 0 aliphatic carbocycles. The fourth-order valence-electron chi connectivity index (χ4n) is 1.54. The van der Waals surface area contributed by atoms with Crippen LogP contribution in [0.3, 0.4) is 0 Å². The Balaban J connectivity index is 3.07. The average molecular weight is 257 g/mol. The molecule has 1 aromatic carbocycles. The van der Waals surface area contributed by atoms with E-state index in [0.717, 1.165) is 18.2 Å². The molecule has 0 spiro atoms. The van der Waals surface area contributed by atoms with E-state index in [1.54, 1.807) is 6.08 Å². The van der Waals surface area contributed by atoms with Gasteiger partial charge in [-0.3, -0.25) is 0 Å². The Labute approximate surface area is 106 Å². The van der Waals surface area contributed by atoms with E-state index in [1.165, 1.54) is 0 Å². The van der Waals surface area contributed by atoms with Gasteiger partial charge in [-0.15, -0.1) is 0 Å². The topological polar surface area (TPSA) is 12.0 Å². The Morgan fingerprint density at radius 3 is 2.33 bits per heavy atom. The quantitative estimate of drug-likeness (QED) is 0.792. The maximum absolute atomic E-state index is 13.5. The van der Waals surface area contributed by atoms with E-state index in [-0.39, 0.29) is 11.5 Å². The second kappa shape index (κ2) is 6.59. The van der Waals surface area contributed by atoms with Crippen LogP contribution in [0.1, 0.15) is 26.3 Å². The summed E-state index contributed by atoms with van der Waals surface area (Å²) in [5, 5.41) is 3.14. The molecule has 0 aliphatic rings. The summed E-state index contributed by atoms with van der Waals surface area (Å²) < 4.78 is 39.4. The third-order valence-corrected chi connectivity index (χ3v) is 2.70. The van der Waals surface area contributed by atoms with Gasteiger partial charge in [-0.25, -0.2) is 13.2 Å². The maximum Gasteiger partial charge on any atom is 0.161 e. The number of hydrogen-bond donors (Lipinski definition) is 1. The highest BCUT2D eigenvalue weighted by molar-refractivity contribution is 5.54. The second-order valence-electron chi connectivity index (χ2n) is 4.44. The van der Waals surface area contributed by atoms with E-state index in [1.807, 2.05) is 20.8 Å². The van der Waals surface area contributed by atoms with Crippen LogP contribution < -0.4 is 5.32 Å². The number of nitrogens with one attached hydrogen (secondary N) is 1. The first-order valence-corrected chi connectivity index (χ1v) is 6.01. The minimum atomic E-state index is -1.16. The molecule has 1 rings (SSSR count). The molecular weight excluding hydrogens is 239 g/mol. The number of likely N-dealkylation sites (N-methyl/N-ethyl adjacent to an activating group) is 1.